The van der Waals surface area contributed by atoms with E-state index in [0.717, 1.165) is 51.4 Å². The molecule has 0 spiro atoms. The normalized spacial score (nSPS) is 23.9. The highest BCUT2D eigenvalue weighted by molar-refractivity contribution is 7.92. The van der Waals surface area contributed by atoms with Crippen molar-refractivity contribution in [2.24, 2.45) is 16.7 Å². The van der Waals surface area contributed by atoms with Gasteiger partial charge in [0, 0.05) is 12.6 Å². The maximum absolute atomic E-state index is 15.1. The number of nitrogens with zero attached hydrogens (tertiary/aromatic N) is 1. The predicted octanol–water partition coefficient (Wildman–Crippen LogP) is 5.44. The van der Waals surface area contributed by atoms with E-state index < -0.39 is 91.2 Å². The molecule has 4 aliphatic rings. The van der Waals surface area contributed by atoms with E-state index in [1.807, 2.05) is 20.8 Å². The summed E-state index contributed by atoms with van der Waals surface area (Å²) in [4.78, 5) is 71.5. The van der Waals surface area contributed by atoms with Gasteiger partial charge in [-0.2, -0.15) is 0 Å². The first kappa shape index (κ1) is 44.7. The van der Waals surface area contributed by atoms with Gasteiger partial charge in [0.05, 0.1) is 28.8 Å². The lowest BCUT2D eigenvalue weighted by Gasteiger charge is -2.44. The molecule has 14 heteroatoms. The second kappa shape index (κ2) is 18.1. The minimum absolute atomic E-state index is 0.0673. The Balaban J connectivity index is 1.66. The first-order valence-electron chi connectivity index (χ1n) is 20.7. The Morgan fingerprint density at radius 2 is 1.49 bits per heavy atom. The molecule has 55 heavy (non-hydrogen) atoms. The van der Waals surface area contributed by atoms with Crippen LogP contribution < -0.4 is 21.3 Å². The van der Waals surface area contributed by atoms with E-state index in [4.69, 9.17) is 0 Å². The van der Waals surface area contributed by atoms with Crippen molar-refractivity contribution < 1.29 is 36.8 Å². The first-order valence-corrected chi connectivity index (χ1v) is 22.3. The van der Waals surface area contributed by atoms with Crippen molar-refractivity contribution in [3.63, 3.8) is 0 Å². The number of Topliss-reactive ketones (excluding diaryl/α,β-unsaturated/α-hetero) is 1. The third-order valence-electron chi connectivity index (χ3n) is 12.9. The molecule has 1 heterocycles. The zero-order valence-corrected chi connectivity index (χ0v) is 35.0. The average molecular weight is 794 g/mol. The zero-order valence-electron chi connectivity index (χ0n) is 34.2. The van der Waals surface area contributed by atoms with Gasteiger partial charge >= 0.3 is 6.03 Å². The molecule has 312 valence electrons. The fourth-order valence-electron chi connectivity index (χ4n) is 8.78. The molecule has 5 amide bonds. The van der Waals surface area contributed by atoms with E-state index in [2.05, 4.69) is 27.8 Å². The van der Waals surface area contributed by atoms with E-state index in [9.17, 15) is 32.0 Å². The highest BCUT2D eigenvalue weighted by Crippen LogP contribution is 2.44. The number of sulfone groups is 1. The van der Waals surface area contributed by atoms with Crippen LogP contribution in [-0.2, 0) is 29.0 Å². The van der Waals surface area contributed by atoms with E-state index in [-0.39, 0.29) is 37.6 Å². The average Bonchev–Trinajstić information content (AvgIpc) is 3.81. The molecule has 1 saturated heterocycles. The lowest BCUT2D eigenvalue weighted by molar-refractivity contribution is -0.146. The van der Waals surface area contributed by atoms with Crippen LogP contribution in [0.25, 0.3) is 0 Å². The van der Waals surface area contributed by atoms with Gasteiger partial charge in [0.2, 0.25) is 17.6 Å². The third kappa shape index (κ3) is 11.1. The van der Waals surface area contributed by atoms with E-state index in [1.165, 1.54) is 4.90 Å². The Labute approximate surface area is 328 Å². The summed E-state index contributed by atoms with van der Waals surface area (Å²) >= 11 is 0. The summed E-state index contributed by atoms with van der Waals surface area (Å²) in [6.45, 7) is 14.5. The molecule has 0 aromatic heterocycles. The van der Waals surface area contributed by atoms with E-state index >= 15 is 4.79 Å². The van der Waals surface area contributed by atoms with Gasteiger partial charge in [0.25, 0.3) is 5.91 Å². The fourth-order valence-corrected chi connectivity index (χ4v) is 10.3. The lowest BCUT2D eigenvalue weighted by Crippen LogP contribution is -2.65. The number of ketones is 1. The Kier molecular flexibility index (Phi) is 14.7. The van der Waals surface area contributed by atoms with Crippen LogP contribution in [0.15, 0.2) is 12.7 Å². The molecule has 3 aliphatic carbocycles. The molecule has 0 aromatic rings. The van der Waals surface area contributed by atoms with Crippen LogP contribution in [0, 0.1) is 16.7 Å². The van der Waals surface area contributed by atoms with Crippen LogP contribution in [0.5, 0.6) is 0 Å². The number of hydrogen-bond donors (Lipinski definition) is 4. The fraction of sp³-hybridized carbons (Fsp3) is 0.829. The summed E-state index contributed by atoms with van der Waals surface area (Å²) in [7, 11) is -3.60. The molecule has 1 aliphatic heterocycles. The molecule has 3 saturated carbocycles. The highest BCUT2D eigenvalue weighted by atomic mass is 32.2. The minimum atomic E-state index is -3.60. The minimum Gasteiger partial charge on any atom is -0.347 e. The van der Waals surface area contributed by atoms with Gasteiger partial charge in [-0.1, -0.05) is 65.4 Å². The second-order valence-corrected chi connectivity index (χ2v) is 21.5. The summed E-state index contributed by atoms with van der Waals surface area (Å²) in [6.07, 6.45) is 11.8. The molecule has 0 aromatic carbocycles. The molecule has 0 radical (unpaired) electrons. The van der Waals surface area contributed by atoms with Crippen LogP contribution in [0.4, 0.5) is 9.18 Å². The van der Waals surface area contributed by atoms with Crippen molar-refractivity contribution in [2.45, 2.75) is 179 Å². The molecule has 0 bridgehead atoms. The summed E-state index contributed by atoms with van der Waals surface area (Å²) in [6, 6.07) is -3.96. The number of hydrogen-bond acceptors (Lipinski definition) is 7. The van der Waals surface area contributed by atoms with Gasteiger partial charge in [-0.05, 0) is 102 Å². The van der Waals surface area contributed by atoms with Crippen LogP contribution in [0.3, 0.4) is 0 Å². The number of likely N-dealkylation sites (tertiary alicyclic amines) is 1. The number of carbonyl (C=O) groups is 5. The van der Waals surface area contributed by atoms with Gasteiger partial charge in [-0.25, -0.2) is 13.2 Å². The highest BCUT2D eigenvalue weighted by Gasteiger charge is 2.52. The molecule has 4 atom stereocenters. The Morgan fingerprint density at radius 3 is 2.04 bits per heavy atom. The summed E-state index contributed by atoms with van der Waals surface area (Å²) in [5.74, 6) is -3.21. The molecule has 4 fully saturated rings. The number of amides is 5. The number of nitrogens with one attached hydrogen (secondary N) is 4. The maximum atomic E-state index is 15.1. The van der Waals surface area contributed by atoms with Crippen molar-refractivity contribution in [3.05, 3.63) is 12.7 Å². The van der Waals surface area contributed by atoms with Crippen molar-refractivity contribution in [1.82, 2.24) is 26.2 Å². The van der Waals surface area contributed by atoms with E-state index in [0.29, 0.717) is 32.1 Å². The van der Waals surface area contributed by atoms with Crippen molar-refractivity contribution in [3.8, 4) is 0 Å². The predicted molar refractivity (Wildman–Crippen MR) is 212 cm³/mol. The Morgan fingerprint density at radius 1 is 0.891 bits per heavy atom. The van der Waals surface area contributed by atoms with Crippen molar-refractivity contribution in [1.29, 1.82) is 0 Å². The zero-order chi connectivity index (χ0) is 40.8. The monoisotopic (exact) mass is 793 g/mol. The standard InChI is InChI=1S/C41H68FN5O7S/c1-8-39(5,6)29-20-26-47(31(29)34(49)44-30(17-11-16-25-42)32(48)35(50)43-28-18-19-28)36(51)33(40(7)21-12-9-13-22-40)45-37(52)46-41(23-14-10-15-24-41)27-55(53,54)38(2,3)4/h8,28-31,33H,1,9-27H2,2-7H3,(H,43,50)(H,44,49)(H2,45,46,52)/t29-,30?,31-,33+/m0/s1. The van der Waals surface area contributed by atoms with Gasteiger partial charge in [0.15, 0.2) is 9.84 Å². The van der Waals surface area contributed by atoms with Gasteiger partial charge < -0.3 is 26.2 Å². The third-order valence-corrected chi connectivity index (χ3v) is 15.7. The molecular formula is C41H68FN5O7S. The van der Waals surface area contributed by atoms with Gasteiger partial charge in [-0.3, -0.25) is 23.6 Å². The van der Waals surface area contributed by atoms with Crippen LogP contribution in [0.1, 0.15) is 144 Å². The summed E-state index contributed by atoms with van der Waals surface area (Å²) in [5.41, 5.74) is -2.25. The summed E-state index contributed by atoms with van der Waals surface area (Å²) < 4.78 is 39.1. The lowest BCUT2D eigenvalue weighted by atomic mass is 9.70. The number of carbonyl (C=O) groups excluding carboxylic acids is 5. The number of halogens is 1. The molecule has 4 N–H and O–H groups in total. The largest absolute Gasteiger partial charge is 0.347 e. The van der Waals surface area contributed by atoms with Crippen LogP contribution in [0.2, 0.25) is 0 Å². The number of alkyl halides is 1. The van der Waals surface area contributed by atoms with Crippen molar-refractivity contribution in [2.75, 3.05) is 19.0 Å². The Hall–Kier alpha value is -3.03. The van der Waals surface area contributed by atoms with Crippen LogP contribution in [-0.4, -0.2) is 96.3 Å². The SMILES string of the molecule is C=CC(C)(C)[C@H]1CCN(C(=O)[C@@H](NC(=O)NC2(CS(=O)(=O)C(C)(C)C)CCCCC2)C2(C)CCCCC2)[C@@H]1C(=O)NC(CCCCF)C(=O)C(=O)NC1CC1. The van der Waals surface area contributed by atoms with Gasteiger partial charge in [0.1, 0.15) is 12.1 Å². The molecular weight excluding hydrogens is 726 g/mol. The topological polar surface area (TPSA) is 171 Å². The van der Waals surface area contributed by atoms with Crippen molar-refractivity contribution >= 4 is 39.4 Å². The second-order valence-electron chi connectivity index (χ2n) is 18.7. The smallest absolute Gasteiger partial charge is 0.315 e. The Bertz CT molecular complexity index is 1530. The number of rotatable bonds is 17. The van der Waals surface area contributed by atoms with Crippen LogP contribution >= 0.6 is 0 Å². The number of urea groups is 1. The maximum Gasteiger partial charge on any atom is 0.315 e. The molecule has 1 unspecified atom stereocenters. The number of unbranched alkanes of at least 4 members (excludes halogenated alkanes) is 1. The quantitative estimate of drug-likeness (QED) is 0.0863. The molecule has 4 rings (SSSR count). The van der Waals surface area contributed by atoms with E-state index in [1.54, 1.807) is 26.8 Å². The van der Waals surface area contributed by atoms with Gasteiger partial charge in [-0.15, -0.1) is 6.58 Å². The summed E-state index contributed by atoms with van der Waals surface area (Å²) in [5, 5.41) is 11.6. The first-order chi connectivity index (χ1) is 25.7. The molecule has 12 nitrogen and oxygen atoms in total. The number of allylic oxidation sites excluding steroid dienone is 1.